The molecule has 5 nitrogen and oxygen atoms in total. The molecule has 5 heteroatoms. The number of hydrogen-bond donors (Lipinski definition) is 2. The molecule has 0 aromatic heterocycles. The van der Waals surface area contributed by atoms with E-state index in [9.17, 15) is 4.79 Å². The number of carboxylic acid groups (broad SMARTS) is 1. The molecule has 0 amide bonds. The monoisotopic (exact) mass is 264 g/mol. The number of nitrogens with zero attached hydrogens (tertiary/aromatic N) is 1. The molecule has 0 saturated carbocycles. The van der Waals surface area contributed by atoms with Crippen LogP contribution < -0.4 is 10.6 Å². The molecule has 1 heterocycles. The van der Waals surface area contributed by atoms with Crippen LogP contribution in [0.25, 0.3) is 0 Å². The van der Waals surface area contributed by atoms with Gasteiger partial charge in [-0.15, -0.1) is 0 Å². The lowest BCUT2D eigenvalue weighted by Gasteiger charge is -2.39. The summed E-state index contributed by atoms with van der Waals surface area (Å²) in [5.74, 6) is -0.987. The fourth-order valence-corrected chi connectivity index (χ4v) is 2.69. The fraction of sp³-hybridized carbons (Fsp3) is 0.500. The first-order valence-corrected chi connectivity index (χ1v) is 6.45. The van der Waals surface area contributed by atoms with Gasteiger partial charge < -0.3 is 20.5 Å². The Morgan fingerprint density at radius 3 is 2.84 bits per heavy atom. The third-order valence-corrected chi connectivity index (χ3v) is 3.78. The van der Waals surface area contributed by atoms with Gasteiger partial charge in [-0.1, -0.05) is 6.07 Å². The van der Waals surface area contributed by atoms with Crippen molar-refractivity contribution >= 4 is 17.3 Å². The topological polar surface area (TPSA) is 75.8 Å². The quantitative estimate of drug-likeness (QED) is 0.816. The Balaban J connectivity index is 2.27. The molecule has 1 aromatic rings. The highest BCUT2D eigenvalue weighted by Crippen LogP contribution is 2.32. The second-order valence-corrected chi connectivity index (χ2v) is 4.97. The molecule has 0 radical (unpaired) electrons. The second-order valence-electron chi connectivity index (χ2n) is 4.97. The SMILES string of the molecule is COC1CCN(c2cccc(C(=O)O)c2N)C(C)C1. The Bertz CT molecular complexity index is 476. The van der Waals surface area contributed by atoms with Gasteiger partial charge in [0, 0.05) is 19.7 Å². The highest BCUT2D eigenvalue weighted by Gasteiger charge is 2.27. The summed E-state index contributed by atoms with van der Waals surface area (Å²) in [4.78, 5) is 13.3. The zero-order chi connectivity index (χ0) is 14.0. The summed E-state index contributed by atoms with van der Waals surface area (Å²) in [6.07, 6.45) is 2.13. The van der Waals surface area contributed by atoms with Crippen LogP contribution in [-0.4, -0.2) is 36.9 Å². The number of nitrogens with two attached hydrogens (primary N) is 1. The highest BCUT2D eigenvalue weighted by molar-refractivity contribution is 5.97. The van der Waals surface area contributed by atoms with Crippen LogP contribution in [0.15, 0.2) is 18.2 Å². The van der Waals surface area contributed by atoms with Crippen molar-refractivity contribution in [3.63, 3.8) is 0 Å². The molecule has 2 unspecified atom stereocenters. The van der Waals surface area contributed by atoms with Crippen LogP contribution in [-0.2, 0) is 4.74 Å². The summed E-state index contributed by atoms with van der Waals surface area (Å²) in [5.41, 5.74) is 7.31. The Morgan fingerprint density at radius 1 is 1.53 bits per heavy atom. The normalized spacial score (nSPS) is 23.4. The minimum atomic E-state index is -0.987. The van der Waals surface area contributed by atoms with E-state index in [0.717, 1.165) is 25.1 Å². The number of piperidine rings is 1. The van der Waals surface area contributed by atoms with Crippen LogP contribution in [0, 0.1) is 0 Å². The van der Waals surface area contributed by atoms with Crippen LogP contribution in [0.3, 0.4) is 0 Å². The number of para-hydroxylation sites is 1. The third-order valence-electron chi connectivity index (χ3n) is 3.78. The van der Waals surface area contributed by atoms with Gasteiger partial charge in [0.1, 0.15) is 0 Å². The summed E-state index contributed by atoms with van der Waals surface area (Å²) in [6, 6.07) is 5.44. The summed E-state index contributed by atoms with van der Waals surface area (Å²) < 4.78 is 5.39. The van der Waals surface area contributed by atoms with E-state index in [1.54, 1.807) is 13.2 Å². The van der Waals surface area contributed by atoms with Gasteiger partial charge in [0.05, 0.1) is 23.0 Å². The van der Waals surface area contributed by atoms with Gasteiger partial charge in [-0.3, -0.25) is 0 Å². The van der Waals surface area contributed by atoms with Crippen LogP contribution in [0.4, 0.5) is 11.4 Å². The minimum Gasteiger partial charge on any atom is -0.478 e. The average molecular weight is 264 g/mol. The smallest absolute Gasteiger partial charge is 0.337 e. The van der Waals surface area contributed by atoms with Crippen molar-refractivity contribution < 1.29 is 14.6 Å². The maximum atomic E-state index is 11.1. The van der Waals surface area contributed by atoms with E-state index >= 15 is 0 Å². The van der Waals surface area contributed by atoms with Crippen LogP contribution in [0.5, 0.6) is 0 Å². The van der Waals surface area contributed by atoms with Crippen molar-refractivity contribution in [3.8, 4) is 0 Å². The van der Waals surface area contributed by atoms with Gasteiger partial charge in [0.2, 0.25) is 0 Å². The lowest BCUT2D eigenvalue weighted by atomic mass is 9.98. The number of ether oxygens (including phenoxy) is 1. The summed E-state index contributed by atoms with van der Waals surface area (Å²) in [7, 11) is 1.73. The number of methoxy groups -OCH3 is 1. The van der Waals surface area contributed by atoms with Gasteiger partial charge in [-0.2, -0.15) is 0 Å². The molecule has 2 atom stereocenters. The third kappa shape index (κ3) is 2.66. The molecule has 1 aliphatic rings. The number of carboxylic acids is 1. The molecular formula is C14H20N2O3. The Morgan fingerprint density at radius 2 is 2.26 bits per heavy atom. The van der Waals surface area contributed by atoms with Gasteiger partial charge in [-0.05, 0) is 31.9 Å². The van der Waals surface area contributed by atoms with E-state index in [-0.39, 0.29) is 17.7 Å². The molecule has 1 aromatic carbocycles. The van der Waals surface area contributed by atoms with Gasteiger partial charge in [0.15, 0.2) is 0 Å². The van der Waals surface area contributed by atoms with Crippen molar-refractivity contribution in [3.05, 3.63) is 23.8 Å². The zero-order valence-corrected chi connectivity index (χ0v) is 11.3. The largest absolute Gasteiger partial charge is 0.478 e. The molecular weight excluding hydrogens is 244 g/mol. The van der Waals surface area contributed by atoms with Crippen LogP contribution in [0.2, 0.25) is 0 Å². The predicted octanol–water partition coefficient (Wildman–Crippen LogP) is 1.97. The van der Waals surface area contributed by atoms with Gasteiger partial charge >= 0.3 is 5.97 Å². The maximum Gasteiger partial charge on any atom is 0.337 e. The lowest BCUT2D eigenvalue weighted by Crippen LogP contribution is -2.43. The number of carbonyl (C=O) groups is 1. The number of nitrogen functional groups attached to an aromatic ring is 1. The number of rotatable bonds is 3. The molecule has 0 bridgehead atoms. The molecule has 3 N–H and O–H groups in total. The summed E-state index contributed by atoms with van der Waals surface area (Å²) in [6.45, 7) is 2.94. The molecule has 104 valence electrons. The molecule has 2 rings (SSSR count). The second kappa shape index (κ2) is 5.48. The van der Waals surface area contributed by atoms with Crippen molar-refractivity contribution in [2.24, 2.45) is 0 Å². The first kappa shape index (κ1) is 13.7. The Labute approximate surface area is 113 Å². The molecule has 0 spiro atoms. The van der Waals surface area contributed by atoms with Crippen molar-refractivity contribution in [2.75, 3.05) is 24.3 Å². The first-order valence-electron chi connectivity index (χ1n) is 6.45. The first-order chi connectivity index (χ1) is 9.04. The number of aromatic carboxylic acids is 1. The summed E-state index contributed by atoms with van der Waals surface area (Å²) in [5, 5.41) is 9.12. The number of benzene rings is 1. The van der Waals surface area contributed by atoms with E-state index in [1.807, 2.05) is 6.07 Å². The average Bonchev–Trinajstić information content (AvgIpc) is 2.39. The van der Waals surface area contributed by atoms with Crippen LogP contribution >= 0.6 is 0 Å². The Hall–Kier alpha value is -1.75. The molecule has 1 saturated heterocycles. The van der Waals surface area contributed by atoms with E-state index in [4.69, 9.17) is 15.6 Å². The Kier molecular flexibility index (Phi) is 3.95. The van der Waals surface area contributed by atoms with E-state index < -0.39 is 5.97 Å². The molecule has 1 fully saturated rings. The van der Waals surface area contributed by atoms with Crippen molar-refractivity contribution in [1.29, 1.82) is 0 Å². The molecule has 1 aliphatic heterocycles. The lowest BCUT2D eigenvalue weighted by molar-refractivity contribution is 0.0695. The van der Waals surface area contributed by atoms with E-state index in [2.05, 4.69) is 11.8 Å². The van der Waals surface area contributed by atoms with Crippen LogP contribution in [0.1, 0.15) is 30.1 Å². The fourth-order valence-electron chi connectivity index (χ4n) is 2.69. The van der Waals surface area contributed by atoms with E-state index in [0.29, 0.717) is 5.69 Å². The standard InChI is InChI=1S/C14H20N2O3/c1-9-8-10(19-2)6-7-16(9)12-5-3-4-11(13(12)15)14(17)18/h3-5,9-10H,6-8,15H2,1-2H3,(H,17,18). The molecule has 19 heavy (non-hydrogen) atoms. The zero-order valence-electron chi connectivity index (χ0n) is 11.3. The minimum absolute atomic E-state index is 0.165. The maximum absolute atomic E-state index is 11.1. The predicted molar refractivity (Wildman–Crippen MR) is 74.7 cm³/mol. The van der Waals surface area contributed by atoms with Gasteiger partial charge in [-0.25, -0.2) is 4.79 Å². The number of anilines is 2. The van der Waals surface area contributed by atoms with Crippen molar-refractivity contribution in [1.82, 2.24) is 0 Å². The summed E-state index contributed by atoms with van der Waals surface area (Å²) >= 11 is 0. The number of hydrogen-bond acceptors (Lipinski definition) is 4. The van der Waals surface area contributed by atoms with Crippen molar-refractivity contribution in [2.45, 2.75) is 31.9 Å². The van der Waals surface area contributed by atoms with Gasteiger partial charge in [0.25, 0.3) is 0 Å². The van der Waals surface area contributed by atoms with E-state index in [1.165, 1.54) is 6.07 Å². The molecule has 0 aliphatic carbocycles. The highest BCUT2D eigenvalue weighted by atomic mass is 16.5.